The van der Waals surface area contributed by atoms with Crippen molar-refractivity contribution in [3.05, 3.63) is 12.2 Å². The van der Waals surface area contributed by atoms with E-state index in [2.05, 4.69) is 11.3 Å². The van der Waals surface area contributed by atoms with Crippen molar-refractivity contribution in [2.45, 2.75) is 16.7 Å². The van der Waals surface area contributed by atoms with E-state index in [0.29, 0.717) is 5.32 Å². The van der Waals surface area contributed by atoms with Gasteiger partial charge in [-0.05, 0) is 0 Å². The topological polar surface area (TPSA) is 72.5 Å². The Hall–Kier alpha value is -1.30. The molecule has 1 saturated heterocycles. The number of alkyl halides is 6. The molecule has 110 valence electrons. The summed E-state index contributed by atoms with van der Waals surface area (Å²) in [4.78, 5) is 11.0. The molecule has 1 aliphatic rings. The number of hydrogen-bond donors (Lipinski definition) is 1. The van der Waals surface area contributed by atoms with E-state index in [9.17, 15) is 39.6 Å². The van der Waals surface area contributed by atoms with Crippen LogP contribution in [0.1, 0.15) is 0 Å². The van der Waals surface area contributed by atoms with E-state index in [0.717, 1.165) is 0 Å². The molecule has 0 aromatic rings. The monoisotopic (exact) mass is 313 g/mol. The van der Waals surface area contributed by atoms with E-state index in [4.69, 9.17) is 0 Å². The van der Waals surface area contributed by atoms with Crippen LogP contribution in [0, 0.1) is 0 Å². The largest absolute Gasteiger partial charge is 0.502 e. The zero-order chi connectivity index (χ0) is 15.3. The molecule has 1 atom stereocenters. The molecule has 1 heterocycles. The quantitative estimate of drug-likeness (QED) is 0.575. The van der Waals surface area contributed by atoms with Crippen LogP contribution < -0.4 is 5.32 Å². The number of nitrogens with one attached hydrogen (secondary N) is 1. The molecule has 12 heteroatoms. The van der Waals surface area contributed by atoms with Crippen molar-refractivity contribution in [3.63, 3.8) is 0 Å². The summed E-state index contributed by atoms with van der Waals surface area (Å²) in [7, 11) is -6.90. The van der Waals surface area contributed by atoms with Crippen molar-refractivity contribution in [3.8, 4) is 0 Å². The number of carbonyl (C=O) groups is 1. The Morgan fingerprint density at radius 2 is 1.68 bits per heavy atom. The third kappa shape index (κ3) is 2.18. The van der Waals surface area contributed by atoms with Crippen molar-refractivity contribution in [1.29, 1.82) is 0 Å². The minimum Gasteiger partial charge on any atom is -0.330 e. The van der Waals surface area contributed by atoms with Gasteiger partial charge in [-0.3, -0.25) is 4.79 Å². The van der Waals surface area contributed by atoms with Crippen molar-refractivity contribution in [2.24, 2.45) is 0 Å². The Morgan fingerprint density at radius 3 is 2.00 bits per heavy atom. The van der Waals surface area contributed by atoms with E-state index in [1.54, 1.807) is 0 Å². The van der Waals surface area contributed by atoms with Crippen LogP contribution in [0.2, 0.25) is 0 Å². The zero-order valence-corrected chi connectivity index (χ0v) is 9.54. The van der Waals surface area contributed by atoms with Crippen LogP contribution in [0.5, 0.6) is 0 Å². The minimum absolute atomic E-state index is 0.641. The summed E-state index contributed by atoms with van der Waals surface area (Å²) >= 11 is 0. The highest BCUT2D eigenvalue weighted by Gasteiger charge is 2.75. The highest BCUT2D eigenvalue weighted by atomic mass is 32.2. The number of halogens is 6. The first-order chi connectivity index (χ1) is 8.26. The normalized spacial score (nSPS) is 26.2. The molecule has 0 radical (unpaired) electrons. The molecule has 1 N–H and O–H groups in total. The molecule has 0 aromatic heterocycles. The number of hydrogen-bond acceptors (Lipinski definition) is 4. The number of ether oxygens (including phenoxy) is 1. The van der Waals surface area contributed by atoms with Crippen LogP contribution in [0.25, 0.3) is 0 Å². The average Bonchev–Trinajstić information content (AvgIpc) is 2.18. The van der Waals surface area contributed by atoms with Crippen LogP contribution in [0.4, 0.5) is 26.3 Å². The standard InChI is InChI=1S/C7H5F6NO4S/c1-3-2-18-6(5(8,9)10,14-4(3)15)19(16,17)7(11,12)13/h1-2H2,(H,14,15). The Bertz CT molecular complexity index is 521. The first kappa shape index (κ1) is 15.8. The molecule has 1 rings (SSSR count). The predicted molar refractivity (Wildman–Crippen MR) is 47.0 cm³/mol. The van der Waals surface area contributed by atoms with Gasteiger partial charge in [-0.2, -0.15) is 26.3 Å². The number of rotatable bonds is 1. The van der Waals surface area contributed by atoms with Crippen molar-refractivity contribution < 1.29 is 44.3 Å². The fourth-order valence-electron chi connectivity index (χ4n) is 1.14. The second-order valence-electron chi connectivity index (χ2n) is 3.41. The van der Waals surface area contributed by atoms with Gasteiger partial charge >= 0.3 is 26.6 Å². The lowest BCUT2D eigenvalue weighted by atomic mass is 10.2. The van der Waals surface area contributed by atoms with E-state index in [1.165, 1.54) is 0 Å². The minimum atomic E-state index is -6.90. The fraction of sp³-hybridized carbons (Fsp3) is 0.571. The average molecular weight is 313 g/mol. The maximum atomic E-state index is 12.7. The summed E-state index contributed by atoms with van der Waals surface area (Å²) in [5.41, 5.74) is -6.91. The molecular formula is C7H5F6NO4S. The molecule has 0 aromatic carbocycles. The van der Waals surface area contributed by atoms with Crippen LogP contribution in [-0.2, 0) is 19.4 Å². The smallest absolute Gasteiger partial charge is 0.330 e. The summed E-state index contributed by atoms with van der Waals surface area (Å²) < 4.78 is 101. The first-order valence-electron chi connectivity index (χ1n) is 4.28. The molecule has 0 bridgehead atoms. The lowest BCUT2D eigenvalue weighted by Crippen LogP contribution is -2.70. The predicted octanol–water partition coefficient (Wildman–Crippen LogP) is 0.840. The number of sulfone groups is 1. The molecule has 1 aliphatic heterocycles. The van der Waals surface area contributed by atoms with Crippen molar-refractivity contribution in [2.75, 3.05) is 6.61 Å². The van der Waals surface area contributed by atoms with Gasteiger partial charge in [-0.15, -0.1) is 0 Å². The SMILES string of the molecule is C=C1COC(C(F)(F)F)(S(=O)(=O)C(F)(F)F)NC1=O. The van der Waals surface area contributed by atoms with Gasteiger partial charge in [0.2, 0.25) is 0 Å². The Balaban J connectivity index is 3.49. The molecule has 0 aliphatic carbocycles. The maximum Gasteiger partial charge on any atom is 0.502 e. The molecule has 1 unspecified atom stereocenters. The van der Waals surface area contributed by atoms with Crippen molar-refractivity contribution in [1.82, 2.24) is 5.32 Å². The summed E-state index contributed by atoms with van der Waals surface area (Å²) in [5.74, 6) is -1.70. The highest BCUT2D eigenvalue weighted by molar-refractivity contribution is 7.93. The third-order valence-electron chi connectivity index (χ3n) is 2.11. The molecule has 19 heavy (non-hydrogen) atoms. The zero-order valence-electron chi connectivity index (χ0n) is 8.72. The van der Waals surface area contributed by atoms with Crippen LogP contribution in [0.3, 0.4) is 0 Å². The second-order valence-corrected chi connectivity index (χ2v) is 5.45. The van der Waals surface area contributed by atoms with Gasteiger partial charge in [-0.25, -0.2) is 8.42 Å². The van der Waals surface area contributed by atoms with E-state index >= 15 is 0 Å². The van der Waals surface area contributed by atoms with Crippen LogP contribution >= 0.6 is 0 Å². The molecular weight excluding hydrogens is 308 g/mol. The lowest BCUT2D eigenvalue weighted by Gasteiger charge is -2.38. The molecule has 5 nitrogen and oxygen atoms in total. The lowest BCUT2D eigenvalue weighted by molar-refractivity contribution is -0.256. The highest BCUT2D eigenvalue weighted by Crippen LogP contribution is 2.44. The van der Waals surface area contributed by atoms with Gasteiger partial charge < -0.3 is 10.1 Å². The van der Waals surface area contributed by atoms with Gasteiger partial charge in [0.1, 0.15) is 0 Å². The van der Waals surface area contributed by atoms with Gasteiger partial charge in [0, 0.05) is 5.57 Å². The second kappa shape index (κ2) is 4.10. The van der Waals surface area contributed by atoms with Gasteiger partial charge in [-0.1, -0.05) is 6.58 Å². The summed E-state index contributed by atoms with van der Waals surface area (Å²) in [6.07, 6.45) is -6.03. The van der Waals surface area contributed by atoms with Gasteiger partial charge in [0.15, 0.2) is 0 Å². The van der Waals surface area contributed by atoms with Crippen LogP contribution in [-0.4, -0.2) is 37.7 Å². The fourth-order valence-corrected chi connectivity index (χ4v) is 2.21. The summed E-state index contributed by atoms with van der Waals surface area (Å²) in [5, 5.41) is -4.19. The Labute approximate surface area is 102 Å². The number of amides is 1. The third-order valence-corrected chi connectivity index (χ3v) is 3.92. The Morgan fingerprint density at radius 1 is 1.21 bits per heavy atom. The van der Waals surface area contributed by atoms with Crippen molar-refractivity contribution >= 4 is 15.7 Å². The van der Waals surface area contributed by atoms with Gasteiger partial charge in [0.05, 0.1) is 6.61 Å². The summed E-state index contributed by atoms with van der Waals surface area (Å²) in [6, 6.07) is 0. The molecule has 0 saturated carbocycles. The first-order valence-corrected chi connectivity index (χ1v) is 5.76. The molecule has 1 fully saturated rings. The van der Waals surface area contributed by atoms with E-state index in [-0.39, 0.29) is 0 Å². The van der Waals surface area contributed by atoms with E-state index < -0.39 is 44.7 Å². The van der Waals surface area contributed by atoms with Gasteiger partial charge in [0.25, 0.3) is 5.91 Å². The summed E-state index contributed by atoms with van der Waals surface area (Å²) in [6.45, 7) is 1.60. The Kier molecular flexibility index (Phi) is 3.40. The maximum absolute atomic E-state index is 12.7. The molecule has 1 amide bonds. The molecule has 0 spiro atoms. The van der Waals surface area contributed by atoms with Crippen LogP contribution in [0.15, 0.2) is 12.2 Å². The number of carbonyl (C=O) groups excluding carboxylic acids is 1. The van der Waals surface area contributed by atoms with E-state index in [1.807, 2.05) is 0 Å².